The van der Waals surface area contributed by atoms with Crippen LogP contribution in [-0.4, -0.2) is 55.8 Å². The minimum atomic E-state index is -3.23. The normalized spacial score (nSPS) is 21.7. The van der Waals surface area contributed by atoms with Crippen LogP contribution < -0.4 is 4.90 Å². The van der Waals surface area contributed by atoms with Crippen molar-refractivity contribution in [2.45, 2.75) is 30.6 Å². The Labute approximate surface area is 184 Å². The number of ether oxygens (including phenoxy) is 1. The molecular formula is C20H23N9O2S. The van der Waals surface area contributed by atoms with Gasteiger partial charge in [-0.15, -0.1) is 0 Å². The van der Waals surface area contributed by atoms with E-state index in [9.17, 15) is 4.21 Å². The number of hydrogen-bond donors (Lipinski definition) is 2. The summed E-state index contributed by atoms with van der Waals surface area (Å²) in [5.41, 5.74) is 10.8. The van der Waals surface area contributed by atoms with Gasteiger partial charge in [0.15, 0.2) is 5.82 Å². The molecule has 1 saturated carbocycles. The van der Waals surface area contributed by atoms with E-state index in [-0.39, 0.29) is 11.9 Å². The third-order valence-electron chi connectivity index (χ3n) is 6.18. The monoisotopic (exact) mass is 453 g/mol. The zero-order valence-corrected chi connectivity index (χ0v) is 18.4. The largest absolute Gasteiger partial charge is 0.377 e. The van der Waals surface area contributed by atoms with E-state index in [1.807, 2.05) is 24.4 Å². The predicted molar refractivity (Wildman–Crippen MR) is 121 cm³/mol. The molecule has 0 aromatic carbocycles. The number of aromatic amines is 1. The lowest BCUT2D eigenvalue weighted by atomic mass is 10.1. The van der Waals surface area contributed by atoms with Gasteiger partial charge in [-0.05, 0) is 37.4 Å². The molecule has 1 aliphatic heterocycles. The fraction of sp³-hybridized carbons (Fsp3) is 0.450. The summed E-state index contributed by atoms with van der Waals surface area (Å²) in [6.45, 7) is 3.92. The predicted octanol–water partition coefficient (Wildman–Crippen LogP) is 3.55. The molecule has 5 rings (SSSR count). The van der Waals surface area contributed by atoms with Gasteiger partial charge in [-0.25, -0.2) is 19.2 Å². The van der Waals surface area contributed by atoms with Gasteiger partial charge in [0.1, 0.15) is 17.3 Å². The quantitative estimate of drug-likeness (QED) is 0.330. The standard InChI is InChI=1S/C20H23N9O2S/c1-13-11-31-9-8-29(13)17-10-16(20(4-5-20)32(22,30)12-25-28-21)26-19(27-17)15-3-7-24-18-14(15)2-6-23-18/h2-3,6-7,10,13,22H,4-5,8-9,11-12H2,1H3,(H,23,24)/t13-,32-/m1/s1. The van der Waals surface area contributed by atoms with Gasteiger partial charge in [0, 0.05) is 40.9 Å². The molecule has 11 nitrogen and oxygen atoms in total. The Bertz CT molecular complexity index is 1330. The number of anilines is 1. The third-order valence-corrected chi connectivity index (χ3v) is 8.54. The van der Waals surface area contributed by atoms with Crippen LogP contribution in [0.1, 0.15) is 25.5 Å². The molecule has 2 fully saturated rings. The number of hydrogen-bond acceptors (Lipinski definition) is 8. The van der Waals surface area contributed by atoms with Gasteiger partial charge in [-0.3, -0.25) is 4.78 Å². The lowest BCUT2D eigenvalue weighted by Crippen LogP contribution is -2.44. The molecule has 1 aliphatic carbocycles. The maximum Gasteiger partial charge on any atom is 0.162 e. The Balaban J connectivity index is 1.69. The van der Waals surface area contributed by atoms with Crippen LogP contribution in [0.25, 0.3) is 32.9 Å². The third kappa shape index (κ3) is 3.36. The van der Waals surface area contributed by atoms with Crippen molar-refractivity contribution in [1.29, 1.82) is 4.78 Å². The molecule has 4 heterocycles. The van der Waals surface area contributed by atoms with Crippen molar-refractivity contribution in [2.24, 2.45) is 5.11 Å². The molecule has 0 bridgehead atoms. The molecule has 0 radical (unpaired) electrons. The van der Waals surface area contributed by atoms with Crippen molar-refractivity contribution in [1.82, 2.24) is 19.9 Å². The number of H-pyrrole nitrogens is 1. The smallest absolute Gasteiger partial charge is 0.162 e. The topological polar surface area (TPSA) is 157 Å². The molecule has 166 valence electrons. The second-order valence-corrected chi connectivity index (χ2v) is 10.6. The number of azide groups is 1. The minimum absolute atomic E-state index is 0.114. The highest BCUT2D eigenvalue weighted by Crippen LogP contribution is 2.53. The molecule has 2 atom stereocenters. The molecule has 12 heteroatoms. The summed E-state index contributed by atoms with van der Waals surface area (Å²) in [6.07, 6.45) is 4.62. The number of aromatic nitrogens is 4. The van der Waals surface area contributed by atoms with Crippen LogP contribution in [0.3, 0.4) is 0 Å². The lowest BCUT2D eigenvalue weighted by molar-refractivity contribution is 0.0985. The van der Waals surface area contributed by atoms with Crippen LogP contribution in [0.2, 0.25) is 0 Å². The fourth-order valence-electron chi connectivity index (χ4n) is 4.26. The van der Waals surface area contributed by atoms with Gasteiger partial charge in [0.05, 0.1) is 39.4 Å². The molecule has 0 amide bonds. The highest BCUT2D eigenvalue weighted by atomic mass is 32.2. The van der Waals surface area contributed by atoms with Crippen molar-refractivity contribution >= 4 is 26.6 Å². The molecule has 2 N–H and O–H groups in total. The second kappa shape index (κ2) is 7.73. The van der Waals surface area contributed by atoms with Crippen LogP contribution in [0.5, 0.6) is 0 Å². The summed E-state index contributed by atoms with van der Waals surface area (Å²) in [4.78, 5) is 22.0. The summed E-state index contributed by atoms with van der Waals surface area (Å²) in [6, 6.07) is 5.74. The van der Waals surface area contributed by atoms with Crippen molar-refractivity contribution in [3.63, 3.8) is 0 Å². The van der Waals surface area contributed by atoms with Gasteiger partial charge >= 0.3 is 0 Å². The van der Waals surface area contributed by atoms with E-state index in [1.54, 1.807) is 6.20 Å². The number of nitrogens with one attached hydrogen (secondary N) is 2. The summed E-state index contributed by atoms with van der Waals surface area (Å²) >= 11 is 0. The van der Waals surface area contributed by atoms with Gasteiger partial charge in [0.2, 0.25) is 0 Å². The highest BCUT2D eigenvalue weighted by Gasteiger charge is 2.54. The first-order chi connectivity index (χ1) is 15.4. The molecule has 3 aromatic rings. The van der Waals surface area contributed by atoms with Crippen LogP contribution in [0.4, 0.5) is 5.82 Å². The first-order valence-electron chi connectivity index (χ1n) is 10.4. The molecule has 32 heavy (non-hydrogen) atoms. The van der Waals surface area contributed by atoms with Crippen LogP contribution in [0, 0.1) is 4.78 Å². The Morgan fingerprint density at radius 3 is 3.03 bits per heavy atom. The lowest BCUT2D eigenvalue weighted by Gasteiger charge is -2.35. The van der Waals surface area contributed by atoms with E-state index in [2.05, 4.69) is 31.8 Å². The van der Waals surface area contributed by atoms with Gasteiger partial charge in [-0.2, -0.15) is 0 Å². The summed E-state index contributed by atoms with van der Waals surface area (Å²) in [5.74, 6) is 0.837. The van der Waals surface area contributed by atoms with Crippen molar-refractivity contribution < 1.29 is 8.95 Å². The molecule has 0 unspecified atom stereocenters. The maximum absolute atomic E-state index is 13.3. The van der Waals surface area contributed by atoms with E-state index in [0.717, 1.165) is 16.6 Å². The molecular weight excluding hydrogens is 430 g/mol. The van der Waals surface area contributed by atoms with Gasteiger partial charge in [-0.1, -0.05) is 5.11 Å². The van der Waals surface area contributed by atoms with Crippen LogP contribution in [-0.2, 0) is 19.2 Å². The first-order valence-corrected chi connectivity index (χ1v) is 12.1. The van der Waals surface area contributed by atoms with E-state index in [4.69, 9.17) is 25.0 Å². The Morgan fingerprint density at radius 1 is 1.44 bits per heavy atom. The van der Waals surface area contributed by atoms with E-state index >= 15 is 0 Å². The Morgan fingerprint density at radius 2 is 2.28 bits per heavy atom. The summed E-state index contributed by atoms with van der Waals surface area (Å²) < 4.78 is 26.5. The van der Waals surface area contributed by atoms with Gasteiger partial charge < -0.3 is 14.6 Å². The number of morpholine rings is 1. The molecule has 3 aromatic heterocycles. The average Bonchev–Trinajstić information content (AvgIpc) is 3.49. The average molecular weight is 454 g/mol. The van der Waals surface area contributed by atoms with E-state index in [0.29, 0.717) is 49.9 Å². The Kier molecular flexibility index (Phi) is 5.00. The second-order valence-electron chi connectivity index (χ2n) is 8.18. The molecule has 0 spiro atoms. The fourth-order valence-corrected chi connectivity index (χ4v) is 5.92. The number of rotatable bonds is 6. The zero-order valence-electron chi connectivity index (χ0n) is 17.6. The number of fused-ring (bicyclic) bond motifs is 1. The summed E-state index contributed by atoms with van der Waals surface area (Å²) in [5, 5.41) is 4.33. The van der Waals surface area contributed by atoms with E-state index in [1.165, 1.54) is 0 Å². The number of nitrogens with zero attached hydrogens (tertiary/aromatic N) is 7. The highest BCUT2D eigenvalue weighted by molar-refractivity contribution is 7.93. The van der Waals surface area contributed by atoms with Crippen LogP contribution >= 0.6 is 0 Å². The summed E-state index contributed by atoms with van der Waals surface area (Å²) in [7, 11) is -3.23. The van der Waals surface area contributed by atoms with Crippen molar-refractivity contribution in [3.8, 4) is 11.4 Å². The molecule has 1 saturated heterocycles. The first kappa shape index (κ1) is 20.7. The molecule has 2 aliphatic rings. The zero-order chi connectivity index (χ0) is 22.3. The van der Waals surface area contributed by atoms with Crippen LogP contribution in [0.15, 0.2) is 35.7 Å². The Hall–Kier alpha value is -3.21. The van der Waals surface area contributed by atoms with Crippen molar-refractivity contribution in [2.75, 3.05) is 30.5 Å². The minimum Gasteiger partial charge on any atom is -0.377 e. The van der Waals surface area contributed by atoms with E-state index < -0.39 is 14.5 Å². The van der Waals surface area contributed by atoms with Gasteiger partial charge in [0.25, 0.3) is 0 Å². The maximum atomic E-state index is 13.3. The SMILES string of the molecule is C[C@@H]1COCCN1c1cc(C2([S@](=N)(=O)CN=[N+]=[N-])CC2)nc(-c2ccnc3[nH]ccc23)n1. The number of pyridine rings is 1. The van der Waals surface area contributed by atoms with Crippen molar-refractivity contribution in [3.05, 3.63) is 46.7 Å².